The maximum Gasteiger partial charge on any atom is 0.251 e. The number of ether oxygens (including phenoxy) is 1. The number of amides is 1. The van der Waals surface area contributed by atoms with Crippen LogP contribution in [0.4, 0.5) is 0 Å². The first kappa shape index (κ1) is 17.2. The smallest absolute Gasteiger partial charge is 0.251 e. The van der Waals surface area contributed by atoms with E-state index in [9.17, 15) is 4.79 Å². The van der Waals surface area contributed by atoms with Crippen LogP contribution in [0.2, 0.25) is 0 Å². The predicted molar refractivity (Wildman–Crippen MR) is 97.3 cm³/mol. The molecule has 0 aliphatic carbocycles. The van der Waals surface area contributed by atoms with E-state index >= 15 is 0 Å². The van der Waals surface area contributed by atoms with E-state index in [0.29, 0.717) is 30.0 Å². The second-order valence-corrected chi connectivity index (χ2v) is 5.63. The molecule has 3 aromatic rings. The van der Waals surface area contributed by atoms with E-state index in [1.165, 1.54) is 0 Å². The molecule has 0 saturated heterocycles. The van der Waals surface area contributed by atoms with Crippen LogP contribution >= 0.6 is 0 Å². The molecule has 26 heavy (non-hydrogen) atoms. The number of hydrogen-bond acceptors (Lipinski definition) is 4. The zero-order valence-electron chi connectivity index (χ0n) is 14.1. The van der Waals surface area contributed by atoms with Crippen molar-refractivity contribution in [1.82, 2.24) is 10.3 Å². The molecule has 0 unspecified atom stereocenters. The molecule has 0 fully saturated rings. The standard InChI is InChI=1S/C21H17N3O2/c22-13-16-5-3-7-18(11-16)21(25)24-14-17-6-4-9-20(12-17)26-15-19-8-1-2-10-23-19/h1-12H,14-15H2,(H,24,25). The van der Waals surface area contributed by atoms with Crippen LogP contribution in [0.3, 0.4) is 0 Å². The van der Waals surface area contributed by atoms with Crippen molar-refractivity contribution in [2.45, 2.75) is 13.2 Å². The lowest BCUT2D eigenvalue weighted by Crippen LogP contribution is -2.22. The highest BCUT2D eigenvalue weighted by Gasteiger charge is 2.06. The summed E-state index contributed by atoms with van der Waals surface area (Å²) in [4.78, 5) is 16.4. The van der Waals surface area contributed by atoms with E-state index in [1.54, 1.807) is 30.5 Å². The van der Waals surface area contributed by atoms with Crippen molar-refractivity contribution in [3.8, 4) is 11.8 Å². The zero-order chi connectivity index (χ0) is 18.2. The second-order valence-electron chi connectivity index (χ2n) is 5.63. The average molecular weight is 343 g/mol. The van der Waals surface area contributed by atoms with Crippen molar-refractivity contribution in [2.75, 3.05) is 0 Å². The van der Waals surface area contributed by atoms with Crippen LogP contribution in [0.25, 0.3) is 0 Å². The van der Waals surface area contributed by atoms with Crippen molar-refractivity contribution in [3.05, 3.63) is 95.3 Å². The van der Waals surface area contributed by atoms with Crippen molar-refractivity contribution < 1.29 is 9.53 Å². The topological polar surface area (TPSA) is 75.0 Å². The molecule has 128 valence electrons. The molecular weight excluding hydrogens is 326 g/mol. The van der Waals surface area contributed by atoms with Gasteiger partial charge in [-0.05, 0) is 48.0 Å². The number of nitrogens with one attached hydrogen (secondary N) is 1. The van der Waals surface area contributed by atoms with E-state index in [4.69, 9.17) is 10.00 Å². The molecule has 1 amide bonds. The largest absolute Gasteiger partial charge is 0.487 e. The molecule has 0 atom stereocenters. The number of carbonyl (C=O) groups excluding carboxylic acids is 1. The van der Waals surface area contributed by atoms with Gasteiger partial charge in [-0.25, -0.2) is 0 Å². The highest BCUT2D eigenvalue weighted by atomic mass is 16.5. The normalized spacial score (nSPS) is 9.96. The Morgan fingerprint density at radius 2 is 1.96 bits per heavy atom. The fraction of sp³-hybridized carbons (Fsp3) is 0.0952. The van der Waals surface area contributed by atoms with Crippen molar-refractivity contribution in [1.29, 1.82) is 5.26 Å². The number of hydrogen-bond donors (Lipinski definition) is 1. The molecule has 0 spiro atoms. The zero-order valence-corrected chi connectivity index (χ0v) is 14.1. The minimum atomic E-state index is -0.220. The third kappa shape index (κ3) is 4.68. The molecule has 5 heteroatoms. The van der Waals surface area contributed by atoms with Gasteiger partial charge in [-0.2, -0.15) is 5.26 Å². The fourth-order valence-corrected chi connectivity index (χ4v) is 2.40. The Kier molecular flexibility index (Phi) is 5.58. The van der Waals surface area contributed by atoms with Crippen LogP contribution in [-0.4, -0.2) is 10.9 Å². The van der Waals surface area contributed by atoms with Crippen LogP contribution in [0, 0.1) is 11.3 Å². The molecule has 0 bridgehead atoms. The Balaban J connectivity index is 1.58. The summed E-state index contributed by atoms with van der Waals surface area (Å²) in [6, 6.07) is 21.9. The molecule has 0 aliphatic rings. The van der Waals surface area contributed by atoms with Crippen molar-refractivity contribution in [3.63, 3.8) is 0 Å². The van der Waals surface area contributed by atoms with E-state index in [0.717, 1.165) is 11.3 Å². The highest BCUT2D eigenvalue weighted by Crippen LogP contribution is 2.15. The van der Waals surface area contributed by atoms with Gasteiger partial charge in [-0.1, -0.05) is 24.3 Å². The number of pyridine rings is 1. The predicted octanol–water partition coefficient (Wildman–Crippen LogP) is 3.46. The summed E-state index contributed by atoms with van der Waals surface area (Å²) < 4.78 is 5.74. The average Bonchev–Trinajstić information content (AvgIpc) is 2.71. The van der Waals surface area contributed by atoms with Crippen molar-refractivity contribution >= 4 is 5.91 Å². The maximum atomic E-state index is 12.2. The Morgan fingerprint density at radius 1 is 1.08 bits per heavy atom. The molecule has 1 heterocycles. The molecule has 0 saturated carbocycles. The quantitative estimate of drug-likeness (QED) is 0.744. The number of benzene rings is 2. The van der Waals surface area contributed by atoms with Gasteiger partial charge in [0.2, 0.25) is 0 Å². The molecular formula is C21H17N3O2. The molecule has 1 aromatic heterocycles. The molecule has 3 rings (SSSR count). The monoisotopic (exact) mass is 343 g/mol. The Morgan fingerprint density at radius 3 is 2.77 bits per heavy atom. The van der Waals surface area contributed by atoms with Gasteiger partial charge in [0.25, 0.3) is 5.91 Å². The van der Waals surface area contributed by atoms with E-state index in [1.807, 2.05) is 48.5 Å². The van der Waals surface area contributed by atoms with E-state index in [2.05, 4.69) is 10.3 Å². The number of aromatic nitrogens is 1. The summed E-state index contributed by atoms with van der Waals surface area (Å²) in [6.07, 6.45) is 1.73. The van der Waals surface area contributed by atoms with Crippen LogP contribution in [-0.2, 0) is 13.2 Å². The summed E-state index contributed by atoms with van der Waals surface area (Å²) in [5, 5.41) is 11.8. The van der Waals surface area contributed by atoms with Gasteiger partial charge in [-0.15, -0.1) is 0 Å². The van der Waals surface area contributed by atoms with Gasteiger partial charge in [-0.3, -0.25) is 9.78 Å². The van der Waals surface area contributed by atoms with Gasteiger partial charge in [0.1, 0.15) is 12.4 Å². The highest BCUT2D eigenvalue weighted by molar-refractivity contribution is 5.94. The van der Waals surface area contributed by atoms with Crippen LogP contribution < -0.4 is 10.1 Å². The third-order valence-corrected chi connectivity index (χ3v) is 3.72. The first-order valence-electron chi connectivity index (χ1n) is 8.14. The van der Waals surface area contributed by atoms with Gasteiger partial charge in [0, 0.05) is 18.3 Å². The van der Waals surface area contributed by atoms with E-state index < -0.39 is 0 Å². The minimum absolute atomic E-state index is 0.220. The summed E-state index contributed by atoms with van der Waals surface area (Å²) in [6.45, 7) is 0.758. The number of nitriles is 1. The number of rotatable bonds is 6. The summed E-state index contributed by atoms with van der Waals surface area (Å²) in [7, 11) is 0. The van der Waals surface area contributed by atoms with Gasteiger partial charge >= 0.3 is 0 Å². The molecule has 1 N–H and O–H groups in total. The van der Waals surface area contributed by atoms with Gasteiger partial charge in [0.15, 0.2) is 0 Å². The second kappa shape index (κ2) is 8.45. The molecule has 2 aromatic carbocycles. The fourth-order valence-electron chi connectivity index (χ4n) is 2.40. The SMILES string of the molecule is N#Cc1cccc(C(=O)NCc2cccc(OCc3ccccn3)c2)c1. The van der Waals surface area contributed by atoms with Gasteiger partial charge in [0.05, 0.1) is 17.3 Å². The first-order chi connectivity index (χ1) is 12.7. The minimum Gasteiger partial charge on any atom is -0.487 e. The molecule has 5 nitrogen and oxygen atoms in total. The Labute approximate surface area is 151 Å². The molecule has 0 aliphatic heterocycles. The number of nitrogens with zero attached hydrogens (tertiary/aromatic N) is 2. The lowest BCUT2D eigenvalue weighted by atomic mass is 10.1. The van der Waals surface area contributed by atoms with Crippen LogP contribution in [0.15, 0.2) is 72.9 Å². The van der Waals surface area contributed by atoms with Crippen LogP contribution in [0.1, 0.15) is 27.2 Å². The summed E-state index contributed by atoms with van der Waals surface area (Å²) in [5.41, 5.74) is 2.70. The Bertz CT molecular complexity index is 933. The third-order valence-electron chi connectivity index (χ3n) is 3.72. The van der Waals surface area contributed by atoms with E-state index in [-0.39, 0.29) is 5.91 Å². The maximum absolute atomic E-state index is 12.2. The summed E-state index contributed by atoms with van der Waals surface area (Å²) in [5.74, 6) is 0.496. The number of carbonyl (C=O) groups is 1. The lowest BCUT2D eigenvalue weighted by molar-refractivity contribution is 0.0951. The van der Waals surface area contributed by atoms with Crippen LogP contribution in [0.5, 0.6) is 5.75 Å². The Hall–Kier alpha value is -3.65. The molecule has 0 radical (unpaired) electrons. The first-order valence-corrected chi connectivity index (χ1v) is 8.14. The van der Waals surface area contributed by atoms with Gasteiger partial charge < -0.3 is 10.1 Å². The van der Waals surface area contributed by atoms with Crippen molar-refractivity contribution in [2.24, 2.45) is 0 Å². The summed E-state index contributed by atoms with van der Waals surface area (Å²) >= 11 is 0. The lowest BCUT2D eigenvalue weighted by Gasteiger charge is -2.09.